The van der Waals surface area contributed by atoms with Crippen molar-refractivity contribution < 1.29 is 9.21 Å². The molecule has 6 nitrogen and oxygen atoms in total. The summed E-state index contributed by atoms with van der Waals surface area (Å²) < 4.78 is 5.45. The lowest BCUT2D eigenvalue weighted by Crippen LogP contribution is -2.49. The highest BCUT2D eigenvalue weighted by Crippen LogP contribution is 2.48. The van der Waals surface area contributed by atoms with Gasteiger partial charge < -0.3 is 14.2 Å². The molecule has 0 N–H and O–H groups in total. The minimum Gasteiger partial charge on any atom is -0.469 e. The molecule has 1 aliphatic carbocycles. The Bertz CT molecular complexity index is 927. The third kappa shape index (κ3) is 2.62. The number of rotatable bonds is 3. The maximum Gasteiger partial charge on any atom is 0.226 e. The number of furan rings is 1. The molecule has 1 saturated heterocycles. The molecule has 3 aromatic rings. The third-order valence-corrected chi connectivity index (χ3v) is 5.46. The van der Waals surface area contributed by atoms with Crippen LogP contribution in [0.4, 0.5) is 5.82 Å². The highest BCUT2D eigenvalue weighted by atomic mass is 16.3. The lowest BCUT2D eigenvalue weighted by molar-refractivity contribution is -0.133. The maximum atomic E-state index is 12.8. The lowest BCUT2D eigenvalue weighted by atomic mass is 10.1. The maximum absolute atomic E-state index is 12.8. The van der Waals surface area contributed by atoms with Crippen molar-refractivity contribution in [2.75, 3.05) is 31.1 Å². The minimum absolute atomic E-state index is 0.0880. The van der Waals surface area contributed by atoms with Crippen LogP contribution in [0.25, 0.3) is 10.8 Å². The smallest absolute Gasteiger partial charge is 0.226 e. The van der Waals surface area contributed by atoms with Crippen LogP contribution < -0.4 is 4.90 Å². The van der Waals surface area contributed by atoms with Crippen molar-refractivity contribution in [1.82, 2.24) is 15.1 Å². The third-order valence-electron chi connectivity index (χ3n) is 5.46. The van der Waals surface area contributed by atoms with E-state index in [0.717, 1.165) is 55.0 Å². The van der Waals surface area contributed by atoms with Crippen LogP contribution in [-0.2, 0) is 4.79 Å². The fraction of sp³-hybridized carbons (Fsp3) is 0.350. The monoisotopic (exact) mass is 348 g/mol. The summed E-state index contributed by atoms with van der Waals surface area (Å²) in [6.07, 6.45) is 4.38. The van der Waals surface area contributed by atoms with Gasteiger partial charge in [-0.3, -0.25) is 4.79 Å². The van der Waals surface area contributed by atoms with Gasteiger partial charge in [0.2, 0.25) is 5.91 Å². The summed E-state index contributed by atoms with van der Waals surface area (Å²) >= 11 is 0. The second kappa shape index (κ2) is 6.12. The molecular weight excluding hydrogens is 328 g/mol. The van der Waals surface area contributed by atoms with Crippen molar-refractivity contribution in [3.63, 3.8) is 0 Å². The van der Waals surface area contributed by atoms with E-state index < -0.39 is 0 Å². The normalized spacial score (nSPS) is 22.6. The van der Waals surface area contributed by atoms with E-state index in [0.29, 0.717) is 0 Å². The van der Waals surface area contributed by atoms with Crippen molar-refractivity contribution in [3.05, 3.63) is 54.6 Å². The van der Waals surface area contributed by atoms with E-state index in [2.05, 4.69) is 27.2 Å². The van der Waals surface area contributed by atoms with E-state index in [4.69, 9.17) is 4.42 Å². The first kappa shape index (κ1) is 15.4. The number of hydrogen-bond donors (Lipinski definition) is 0. The summed E-state index contributed by atoms with van der Waals surface area (Å²) in [7, 11) is 0. The standard InChI is InChI=1S/C20H20N4O2/c25-20(17-12-16(17)18-6-3-11-26-18)24-9-7-23(8-10-24)19-15-5-2-1-4-14(15)13-21-22-19/h1-6,11,13,16-17H,7-10,12H2/t16-,17+/m0/s1. The zero-order valence-corrected chi connectivity index (χ0v) is 14.4. The van der Waals surface area contributed by atoms with E-state index >= 15 is 0 Å². The minimum atomic E-state index is 0.0880. The van der Waals surface area contributed by atoms with Crippen molar-refractivity contribution in [1.29, 1.82) is 0 Å². The molecule has 6 heteroatoms. The molecule has 0 radical (unpaired) electrons. The Hall–Kier alpha value is -2.89. The molecule has 26 heavy (non-hydrogen) atoms. The van der Waals surface area contributed by atoms with Gasteiger partial charge in [0, 0.05) is 48.8 Å². The fourth-order valence-electron chi connectivity index (χ4n) is 3.90. The molecule has 1 amide bonds. The number of carbonyl (C=O) groups excluding carboxylic acids is 1. The first-order valence-corrected chi connectivity index (χ1v) is 9.09. The van der Waals surface area contributed by atoms with Gasteiger partial charge in [-0.25, -0.2) is 0 Å². The molecule has 2 atom stereocenters. The van der Waals surface area contributed by atoms with Crippen LogP contribution in [0.3, 0.4) is 0 Å². The van der Waals surface area contributed by atoms with Crippen molar-refractivity contribution in [2.24, 2.45) is 5.92 Å². The summed E-state index contributed by atoms with van der Waals surface area (Å²) in [6, 6.07) is 12.0. The first-order valence-electron chi connectivity index (χ1n) is 9.09. The summed E-state index contributed by atoms with van der Waals surface area (Å²) in [5.74, 6) is 2.46. The Morgan fingerprint density at radius 1 is 1.08 bits per heavy atom. The van der Waals surface area contributed by atoms with Gasteiger partial charge >= 0.3 is 0 Å². The summed E-state index contributed by atoms with van der Waals surface area (Å²) in [5.41, 5.74) is 0. The van der Waals surface area contributed by atoms with Crippen molar-refractivity contribution in [3.8, 4) is 0 Å². The van der Waals surface area contributed by atoms with Gasteiger partial charge in [0.25, 0.3) is 0 Å². The number of piperazine rings is 1. The quantitative estimate of drug-likeness (QED) is 0.728. The Labute approximate surface area is 151 Å². The Balaban J connectivity index is 1.26. The average molecular weight is 348 g/mol. The number of hydrogen-bond acceptors (Lipinski definition) is 5. The fourth-order valence-corrected chi connectivity index (χ4v) is 3.90. The van der Waals surface area contributed by atoms with Gasteiger partial charge in [0.1, 0.15) is 5.76 Å². The van der Waals surface area contributed by atoms with Crippen LogP contribution in [-0.4, -0.2) is 47.2 Å². The molecule has 3 heterocycles. The van der Waals surface area contributed by atoms with Gasteiger partial charge in [-0.05, 0) is 18.6 Å². The largest absolute Gasteiger partial charge is 0.469 e. The Morgan fingerprint density at radius 3 is 2.73 bits per heavy atom. The molecule has 0 bridgehead atoms. The summed E-state index contributed by atoms with van der Waals surface area (Å²) in [5, 5.41) is 10.7. The predicted octanol–water partition coefficient (Wildman–Crippen LogP) is 2.68. The van der Waals surface area contributed by atoms with Crippen molar-refractivity contribution in [2.45, 2.75) is 12.3 Å². The molecule has 2 aliphatic rings. The van der Waals surface area contributed by atoms with E-state index in [-0.39, 0.29) is 17.7 Å². The van der Waals surface area contributed by atoms with Gasteiger partial charge in [-0.1, -0.05) is 24.3 Å². The predicted molar refractivity (Wildman–Crippen MR) is 97.9 cm³/mol. The molecule has 2 aromatic heterocycles. The second-order valence-corrected chi connectivity index (χ2v) is 7.03. The van der Waals surface area contributed by atoms with Crippen LogP contribution in [0.15, 0.2) is 53.3 Å². The number of aromatic nitrogens is 2. The van der Waals surface area contributed by atoms with Gasteiger partial charge in [0.15, 0.2) is 5.82 Å². The zero-order chi connectivity index (χ0) is 17.5. The van der Waals surface area contributed by atoms with Gasteiger partial charge in [-0.15, -0.1) is 5.10 Å². The highest BCUT2D eigenvalue weighted by molar-refractivity contribution is 5.91. The molecule has 0 spiro atoms. The molecule has 1 saturated carbocycles. The first-order chi connectivity index (χ1) is 12.8. The van der Waals surface area contributed by atoms with Crippen LogP contribution in [0, 0.1) is 5.92 Å². The van der Waals surface area contributed by atoms with E-state index in [1.165, 1.54) is 0 Å². The van der Waals surface area contributed by atoms with Gasteiger partial charge in [-0.2, -0.15) is 5.10 Å². The van der Waals surface area contributed by atoms with Gasteiger partial charge in [0.05, 0.1) is 12.5 Å². The lowest BCUT2D eigenvalue weighted by Gasteiger charge is -2.35. The van der Waals surface area contributed by atoms with Crippen LogP contribution in [0.5, 0.6) is 0 Å². The summed E-state index contributed by atoms with van der Waals surface area (Å²) in [6.45, 7) is 3.02. The highest BCUT2D eigenvalue weighted by Gasteiger charge is 2.47. The van der Waals surface area contributed by atoms with E-state index in [1.54, 1.807) is 12.5 Å². The molecule has 1 aromatic carbocycles. The average Bonchev–Trinajstić information content (AvgIpc) is 3.31. The zero-order valence-electron chi connectivity index (χ0n) is 14.4. The second-order valence-electron chi connectivity index (χ2n) is 7.03. The van der Waals surface area contributed by atoms with Crippen LogP contribution in [0.1, 0.15) is 18.1 Å². The van der Waals surface area contributed by atoms with E-state index in [1.807, 2.05) is 29.2 Å². The molecule has 2 fully saturated rings. The number of anilines is 1. The molecule has 132 valence electrons. The molecule has 1 aliphatic heterocycles. The number of carbonyl (C=O) groups is 1. The molecule has 5 rings (SSSR count). The SMILES string of the molecule is O=C([C@@H]1C[C@@H]1c1ccco1)N1CCN(c2nncc3ccccc23)CC1. The molecular formula is C20H20N4O2. The number of fused-ring (bicyclic) bond motifs is 1. The van der Waals surface area contributed by atoms with Crippen LogP contribution in [0.2, 0.25) is 0 Å². The van der Waals surface area contributed by atoms with Crippen molar-refractivity contribution >= 4 is 22.5 Å². The Kier molecular flexibility index (Phi) is 3.62. The topological polar surface area (TPSA) is 62.5 Å². The van der Waals surface area contributed by atoms with E-state index in [9.17, 15) is 4.79 Å². The number of amides is 1. The van der Waals surface area contributed by atoms with Crippen LogP contribution >= 0.6 is 0 Å². The number of benzene rings is 1. The number of nitrogens with zero attached hydrogens (tertiary/aromatic N) is 4. The molecule has 0 unspecified atom stereocenters. The summed E-state index contributed by atoms with van der Waals surface area (Å²) in [4.78, 5) is 17.0. The Morgan fingerprint density at radius 2 is 1.92 bits per heavy atom.